The molecule has 0 unspecified atom stereocenters. The Morgan fingerprint density at radius 2 is 1.77 bits per heavy atom. The number of nitrogens with one attached hydrogen (secondary N) is 1. The smallest absolute Gasteiger partial charge is 0.259 e. The number of unbranched alkanes of at least 4 members (excludes halogenated alkanes) is 3. The highest BCUT2D eigenvalue weighted by atomic mass is 16.5. The van der Waals surface area contributed by atoms with Gasteiger partial charge in [0.15, 0.2) is 5.78 Å². The van der Waals surface area contributed by atoms with Crippen LogP contribution in [0.5, 0.6) is 5.75 Å². The van der Waals surface area contributed by atoms with Gasteiger partial charge in [0, 0.05) is 29.5 Å². The van der Waals surface area contributed by atoms with Crippen LogP contribution in [0.25, 0.3) is 22.0 Å². The molecule has 160 valence electrons. The highest BCUT2D eigenvalue weighted by Crippen LogP contribution is 2.39. The molecule has 2 aromatic carbocycles. The van der Waals surface area contributed by atoms with Gasteiger partial charge in [-0.2, -0.15) is 0 Å². The van der Waals surface area contributed by atoms with Crippen LogP contribution in [-0.2, 0) is 11.3 Å². The molecule has 3 aromatic rings. The van der Waals surface area contributed by atoms with E-state index in [4.69, 9.17) is 9.94 Å². The summed E-state index contributed by atoms with van der Waals surface area (Å²) in [6, 6.07) is 12.7. The summed E-state index contributed by atoms with van der Waals surface area (Å²) in [7, 11) is 1.55. The fourth-order valence-corrected chi connectivity index (χ4v) is 4.27. The lowest BCUT2D eigenvalue weighted by molar-refractivity contribution is -0.129. The number of aromatic nitrogens is 1. The van der Waals surface area contributed by atoms with Crippen LogP contribution in [0, 0.1) is 0 Å². The van der Waals surface area contributed by atoms with Crippen LogP contribution in [0.1, 0.15) is 48.0 Å². The maximum atomic E-state index is 13.5. The van der Waals surface area contributed by atoms with E-state index in [1.807, 2.05) is 24.3 Å². The van der Waals surface area contributed by atoms with Crippen LogP contribution in [0.3, 0.4) is 0 Å². The summed E-state index contributed by atoms with van der Waals surface area (Å²) in [5.41, 5.74) is 4.30. The molecule has 7 heteroatoms. The van der Waals surface area contributed by atoms with Crippen LogP contribution >= 0.6 is 0 Å². The van der Waals surface area contributed by atoms with Crippen molar-refractivity contribution >= 4 is 22.6 Å². The average Bonchev–Trinajstić information content (AvgIpc) is 3.10. The van der Waals surface area contributed by atoms with E-state index in [0.29, 0.717) is 41.0 Å². The molecule has 0 fully saturated rings. The van der Waals surface area contributed by atoms with Crippen LogP contribution in [0.4, 0.5) is 0 Å². The maximum Gasteiger partial charge on any atom is 0.259 e. The van der Waals surface area contributed by atoms with E-state index in [-0.39, 0.29) is 23.7 Å². The van der Waals surface area contributed by atoms with Gasteiger partial charge in [0.25, 0.3) is 5.56 Å². The van der Waals surface area contributed by atoms with Gasteiger partial charge in [-0.05, 0) is 42.7 Å². The van der Waals surface area contributed by atoms with E-state index in [0.717, 1.165) is 30.2 Å². The first-order valence-electron chi connectivity index (χ1n) is 10.4. The lowest BCUT2D eigenvalue weighted by atomic mass is 10.0. The van der Waals surface area contributed by atoms with Gasteiger partial charge in [-0.3, -0.25) is 19.6 Å². The second-order valence-electron chi connectivity index (χ2n) is 7.66. The third-order valence-electron chi connectivity index (χ3n) is 5.80. The number of benzene rings is 2. The first-order valence-corrected chi connectivity index (χ1v) is 10.4. The third kappa shape index (κ3) is 3.72. The maximum absolute atomic E-state index is 13.5. The number of carbonyl (C=O) groups is 2. The van der Waals surface area contributed by atoms with Crippen molar-refractivity contribution < 1.29 is 19.5 Å². The van der Waals surface area contributed by atoms with Crippen molar-refractivity contribution in [2.75, 3.05) is 7.11 Å². The summed E-state index contributed by atoms with van der Waals surface area (Å²) in [5.74, 6) is 0.0479. The number of methoxy groups -OCH3 is 1. The molecule has 31 heavy (non-hydrogen) atoms. The Morgan fingerprint density at radius 1 is 1.00 bits per heavy atom. The monoisotopic (exact) mass is 420 g/mol. The predicted molar refractivity (Wildman–Crippen MR) is 117 cm³/mol. The second kappa shape index (κ2) is 8.73. The highest BCUT2D eigenvalue weighted by Gasteiger charge is 2.32. The first kappa shape index (κ1) is 20.8. The molecule has 0 spiro atoms. The fraction of sp³-hybridized carbons (Fsp3) is 0.292. The molecule has 1 aliphatic rings. The van der Waals surface area contributed by atoms with Crippen LogP contribution < -0.4 is 15.8 Å². The molecule has 0 aliphatic heterocycles. The third-order valence-corrected chi connectivity index (χ3v) is 5.80. The summed E-state index contributed by atoms with van der Waals surface area (Å²) < 4.78 is 7.01. The number of nitrogens with zero attached hydrogens (tertiary/aromatic N) is 1. The molecule has 0 radical (unpaired) electrons. The number of carbonyl (C=O) groups excluding carboxylic acids is 2. The lowest BCUT2D eigenvalue weighted by Gasteiger charge is -2.14. The van der Waals surface area contributed by atoms with E-state index >= 15 is 0 Å². The summed E-state index contributed by atoms with van der Waals surface area (Å²) in [6.45, 7) is 0.526. The van der Waals surface area contributed by atoms with Gasteiger partial charge in [0.2, 0.25) is 5.91 Å². The predicted octanol–water partition coefficient (Wildman–Crippen LogP) is 3.68. The normalized spacial score (nSPS) is 12.0. The number of ether oxygens (including phenoxy) is 1. The van der Waals surface area contributed by atoms with Crippen molar-refractivity contribution in [2.24, 2.45) is 0 Å². The molecular weight excluding hydrogens is 396 g/mol. The average molecular weight is 420 g/mol. The van der Waals surface area contributed by atoms with Crippen molar-refractivity contribution in [3.05, 3.63) is 63.9 Å². The van der Waals surface area contributed by atoms with E-state index in [1.165, 1.54) is 0 Å². The van der Waals surface area contributed by atoms with Crippen molar-refractivity contribution in [3.8, 4) is 16.9 Å². The molecule has 0 saturated carbocycles. The van der Waals surface area contributed by atoms with Crippen molar-refractivity contribution in [1.82, 2.24) is 10.0 Å². The Bertz CT molecular complexity index is 1230. The number of amides is 1. The molecule has 1 aromatic heterocycles. The number of hydrogen-bond acceptors (Lipinski definition) is 5. The molecule has 1 heterocycles. The van der Waals surface area contributed by atoms with Gasteiger partial charge in [0.1, 0.15) is 5.75 Å². The molecule has 7 nitrogen and oxygen atoms in total. The van der Waals surface area contributed by atoms with E-state index in [1.54, 1.807) is 35.4 Å². The van der Waals surface area contributed by atoms with Crippen LogP contribution in [0.2, 0.25) is 0 Å². The van der Waals surface area contributed by atoms with Crippen LogP contribution in [-0.4, -0.2) is 28.6 Å². The topological polar surface area (TPSA) is 97.6 Å². The minimum Gasteiger partial charge on any atom is -0.497 e. The Kier molecular flexibility index (Phi) is 5.86. The van der Waals surface area contributed by atoms with Crippen molar-refractivity contribution in [1.29, 1.82) is 0 Å². The molecule has 1 amide bonds. The summed E-state index contributed by atoms with van der Waals surface area (Å²) in [6.07, 6.45) is 3.40. The number of pyridine rings is 1. The van der Waals surface area contributed by atoms with Gasteiger partial charge in [0.05, 0.1) is 18.2 Å². The number of fused-ring (bicyclic) bond motifs is 5. The Labute approximate surface area is 179 Å². The lowest BCUT2D eigenvalue weighted by Crippen LogP contribution is -2.23. The number of hydrogen-bond donors (Lipinski definition) is 2. The Morgan fingerprint density at radius 3 is 2.55 bits per heavy atom. The standard InChI is InChI=1S/C24H24N2O5/c1-31-15-11-12-16-18(14-15)23(28)21-17-8-5-6-9-19(17)26(24(29)22(16)21)13-7-3-2-4-10-20(27)25-30/h5-6,8-9,11-12,14,30H,2-4,7,10,13H2,1H3,(H,25,27). The fourth-order valence-electron chi connectivity index (χ4n) is 4.27. The van der Waals surface area contributed by atoms with Gasteiger partial charge in [-0.15, -0.1) is 0 Å². The van der Waals surface area contributed by atoms with E-state index in [2.05, 4.69) is 0 Å². The minimum atomic E-state index is -0.388. The van der Waals surface area contributed by atoms with Gasteiger partial charge in [-0.25, -0.2) is 5.48 Å². The van der Waals surface area contributed by atoms with E-state index in [9.17, 15) is 14.4 Å². The van der Waals surface area contributed by atoms with Gasteiger partial charge < -0.3 is 9.30 Å². The number of aryl methyl sites for hydroxylation is 1. The van der Waals surface area contributed by atoms with Gasteiger partial charge in [-0.1, -0.05) is 31.0 Å². The molecule has 0 atom stereocenters. The largest absolute Gasteiger partial charge is 0.497 e. The summed E-state index contributed by atoms with van der Waals surface area (Å²) in [4.78, 5) is 37.8. The SMILES string of the molecule is COc1ccc2c(c1)C(=O)c1c-2c(=O)n(CCCCCCC(=O)NO)c2ccccc12. The van der Waals surface area contributed by atoms with Gasteiger partial charge >= 0.3 is 0 Å². The molecule has 2 N–H and O–H groups in total. The van der Waals surface area contributed by atoms with Crippen molar-refractivity contribution in [2.45, 2.75) is 38.6 Å². The zero-order chi connectivity index (χ0) is 22.0. The summed E-state index contributed by atoms with van der Waals surface area (Å²) >= 11 is 0. The zero-order valence-electron chi connectivity index (χ0n) is 17.3. The Balaban J connectivity index is 1.67. The number of rotatable bonds is 8. The molecule has 4 rings (SSSR count). The summed E-state index contributed by atoms with van der Waals surface area (Å²) in [5, 5.41) is 9.32. The van der Waals surface area contributed by atoms with E-state index < -0.39 is 0 Å². The molecule has 1 aliphatic carbocycles. The zero-order valence-corrected chi connectivity index (χ0v) is 17.3. The number of ketones is 1. The van der Waals surface area contributed by atoms with Crippen LogP contribution in [0.15, 0.2) is 47.3 Å². The molecular formula is C24H24N2O5. The second-order valence-corrected chi connectivity index (χ2v) is 7.66. The highest BCUT2D eigenvalue weighted by molar-refractivity contribution is 6.27. The Hall–Kier alpha value is -3.45. The van der Waals surface area contributed by atoms with Crippen molar-refractivity contribution in [3.63, 3.8) is 0 Å². The quantitative estimate of drug-likeness (QED) is 0.257. The number of para-hydroxylation sites is 1. The molecule has 0 bridgehead atoms. The molecule has 0 saturated heterocycles. The minimum absolute atomic E-state index is 0.147. The number of hydroxylamine groups is 1. The first-order chi connectivity index (χ1) is 15.1.